The third kappa shape index (κ3) is 5.22. The van der Waals surface area contributed by atoms with Crippen LogP contribution in [0, 0.1) is 35.5 Å². The fraction of sp³-hybridized carbons (Fsp3) is 0.600. The predicted octanol–water partition coefficient (Wildman–Crippen LogP) is 0.718. The van der Waals surface area contributed by atoms with Crippen LogP contribution in [-0.4, -0.2) is 78.5 Å². The molecule has 0 unspecified atom stereocenters. The van der Waals surface area contributed by atoms with Crippen molar-refractivity contribution in [2.24, 2.45) is 35.5 Å². The van der Waals surface area contributed by atoms with Gasteiger partial charge in [0.05, 0.1) is 78.2 Å². The molecule has 4 rings (SSSR count). The molecule has 12 nitrogen and oxygen atoms in total. The molecule has 1 aromatic carbocycles. The van der Waals surface area contributed by atoms with E-state index in [0.717, 1.165) is 33.4 Å². The molecule has 0 aliphatic heterocycles. The zero-order valence-corrected chi connectivity index (χ0v) is 24.6. The van der Waals surface area contributed by atoms with Gasteiger partial charge >= 0.3 is 35.8 Å². The van der Waals surface area contributed by atoms with Gasteiger partial charge in [0.1, 0.15) is 0 Å². The van der Waals surface area contributed by atoms with Crippen LogP contribution in [0.15, 0.2) is 0 Å². The molecule has 228 valence electrons. The first-order valence-corrected chi connectivity index (χ1v) is 13.7. The molecule has 6 atom stereocenters. The minimum atomic E-state index is -0.852. The minimum absolute atomic E-state index is 0.123. The van der Waals surface area contributed by atoms with Crippen molar-refractivity contribution in [2.75, 3.05) is 42.7 Å². The Morgan fingerprint density at radius 2 is 0.452 bits per heavy atom. The largest absolute Gasteiger partial charge is 0.469 e. The van der Waals surface area contributed by atoms with Crippen LogP contribution in [0.5, 0.6) is 0 Å². The highest BCUT2D eigenvalue weighted by Crippen LogP contribution is 2.47. The summed E-state index contributed by atoms with van der Waals surface area (Å²) in [7, 11) is 7.48. The van der Waals surface area contributed by atoms with E-state index in [4.69, 9.17) is 28.4 Å². The number of fused-ring (bicyclic) bond motifs is 6. The van der Waals surface area contributed by atoms with Crippen molar-refractivity contribution >= 4 is 35.8 Å². The maximum absolute atomic E-state index is 12.9. The van der Waals surface area contributed by atoms with Crippen molar-refractivity contribution in [3.63, 3.8) is 0 Å². The van der Waals surface area contributed by atoms with E-state index in [9.17, 15) is 28.8 Å². The highest BCUT2D eigenvalue weighted by molar-refractivity contribution is 5.87. The lowest BCUT2D eigenvalue weighted by Gasteiger charge is -2.41. The Morgan fingerprint density at radius 3 is 0.548 bits per heavy atom. The second-order valence-electron chi connectivity index (χ2n) is 10.9. The summed E-state index contributed by atoms with van der Waals surface area (Å²) in [5.41, 5.74) is 4.56. The van der Waals surface area contributed by atoms with Gasteiger partial charge in [0.25, 0.3) is 0 Å². The highest BCUT2D eigenvalue weighted by Gasteiger charge is 2.49. The Labute approximate surface area is 243 Å². The summed E-state index contributed by atoms with van der Waals surface area (Å²) < 4.78 is 30.3. The lowest BCUT2D eigenvalue weighted by atomic mass is 9.62. The quantitative estimate of drug-likeness (QED) is 0.339. The van der Waals surface area contributed by atoms with Crippen molar-refractivity contribution in [2.45, 2.75) is 38.5 Å². The van der Waals surface area contributed by atoms with E-state index in [2.05, 4.69) is 0 Å². The van der Waals surface area contributed by atoms with Crippen molar-refractivity contribution in [1.82, 2.24) is 0 Å². The van der Waals surface area contributed by atoms with Crippen LogP contribution in [-0.2, 0) is 95.7 Å². The molecule has 42 heavy (non-hydrogen) atoms. The van der Waals surface area contributed by atoms with Crippen LogP contribution in [0.1, 0.15) is 33.4 Å². The third-order valence-electron chi connectivity index (χ3n) is 9.21. The molecule has 0 heterocycles. The van der Waals surface area contributed by atoms with Crippen molar-refractivity contribution in [3.8, 4) is 0 Å². The number of carbonyl (C=O) groups is 6. The summed E-state index contributed by atoms with van der Waals surface area (Å²) in [6.07, 6.45) is 0.735. The monoisotopic (exact) mass is 588 g/mol. The van der Waals surface area contributed by atoms with Gasteiger partial charge in [-0.1, -0.05) is 0 Å². The van der Waals surface area contributed by atoms with E-state index in [0.29, 0.717) is 0 Å². The molecule has 0 amide bonds. The van der Waals surface area contributed by atoms with Gasteiger partial charge in [-0.05, 0) is 71.9 Å². The number of hydrogen-bond donors (Lipinski definition) is 0. The summed E-state index contributed by atoms with van der Waals surface area (Å²) in [6, 6.07) is 0. The predicted molar refractivity (Wildman–Crippen MR) is 142 cm³/mol. The number of methoxy groups -OCH3 is 6. The zero-order valence-electron chi connectivity index (χ0n) is 24.6. The molecule has 1 aromatic rings. The number of carbonyl (C=O) groups excluding carboxylic acids is 6. The van der Waals surface area contributed by atoms with Crippen molar-refractivity contribution < 1.29 is 57.2 Å². The number of hydrogen-bond acceptors (Lipinski definition) is 12. The molecule has 0 N–H and O–H groups in total. The first kappa shape index (κ1) is 31.0. The standard InChI is InChI=1S/C30H36O12/c1-37-25(31)19-7-13-14(8-20(19)26(32)38-2)16-10-22(28(34)40-4)24(30(36)42-6)12-18(16)17-11-23(29(35)41-5)21(9-15(13)17)27(33)39-3/h19-24H,7-12H2,1-6H3/t19-,20+,21+,22-,23-,24+. The topological polar surface area (TPSA) is 158 Å². The molecule has 0 saturated heterocycles. The lowest BCUT2D eigenvalue weighted by Crippen LogP contribution is -2.44. The fourth-order valence-corrected chi connectivity index (χ4v) is 7.14. The molecule has 0 aromatic heterocycles. The van der Waals surface area contributed by atoms with Gasteiger partial charge in [-0.15, -0.1) is 0 Å². The summed E-state index contributed by atoms with van der Waals surface area (Å²) in [5, 5.41) is 0. The number of ether oxygens (including phenoxy) is 6. The summed E-state index contributed by atoms with van der Waals surface area (Å²) in [4.78, 5) is 77.5. The Hall–Kier alpha value is -3.96. The molecule has 0 bridgehead atoms. The van der Waals surface area contributed by atoms with Crippen molar-refractivity contribution in [1.29, 1.82) is 0 Å². The first-order valence-electron chi connectivity index (χ1n) is 13.7. The maximum Gasteiger partial charge on any atom is 0.309 e. The molecule has 0 fully saturated rings. The normalized spacial score (nSPS) is 25.9. The Morgan fingerprint density at radius 1 is 0.333 bits per heavy atom. The van der Waals surface area contributed by atoms with Gasteiger partial charge in [0.15, 0.2) is 0 Å². The van der Waals surface area contributed by atoms with Crippen molar-refractivity contribution in [3.05, 3.63) is 33.4 Å². The van der Waals surface area contributed by atoms with E-state index < -0.39 is 71.3 Å². The van der Waals surface area contributed by atoms with E-state index in [1.807, 2.05) is 0 Å². The van der Waals surface area contributed by atoms with Gasteiger partial charge in [0.2, 0.25) is 0 Å². The van der Waals surface area contributed by atoms with Crippen LogP contribution >= 0.6 is 0 Å². The molecular formula is C30H36O12. The van der Waals surface area contributed by atoms with Gasteiger partial charge < -0.3 is 28.4 Å². The number of esters is 6. The van der Waals surface area contributed by atoms with Crippen LogP contribution in [0.3, 0.4) is 0 Å². The summed E-state index contributed by atoms with van der Waals surface area (Å²) in [6.45, 7) is 0. The van der Waals surface area contributed by atoms with Crippen LogP contribution in [0.4, 0.5) is 0 Å². The minimum Gasteiger partial charge on any atom is -0.469 e. The van der Waals surface area contributed by atoms with E-state index in [-0.39, 0.29) is 38.5 Å². The van der Waals surface area contributed by atoms with Gasteiger partial charge in [-0.3, -0.25) is 28.8 Å². The average Bonchev–Trinajstić information content (AvgIpc) is 3.04. The Balaban J connectivity index is 2.00. The van der Waals surface area contributed by atoms with Gasteiger partial charge in [-0.2, -0.15) is 0 Å². The molecule has 12 heteroatoms. The van der Waals surface area contributed by atoms with E-state index in [1.165, 1.54) is 42.7 Å². The van der Waals surface area contributed by atoms with Gasteiger partial charge in [0, 0.05) is 0 Å². The average molecular weight is 589 g/mol. The SMILES string of the molecule is COC(=O)[C@H]1Cc2c(c3c(c4c2C[C@@H](C(=O)OC)[C@@H](C(=O)OC)C4)C[C@@H](C(=O)OC)[C@@H](C(=O)OC)C3)C[C@H]1C(=O)OC. The molecule has 0 saturated carbocycles. The molecular weight excluding hydrogens is 552 g/mol. The Bertz CT molecular complexity index is 1040. The van der Waals surface area contributed by atoms with Gasteiger partial charge in [-0.25, -0.2) is 0 Å². The Kier molecular flexibility index (Phi) is 9.22. The van der Waals surface area contributed by atoms with Crippen LogP contribution in [0.2, 0.25) is 0 Å². The van der Waals surface area contributed by atoms with E-state index in [1.54, 1.807) is 0 Å². The van der Waals surface area contributed by atoms with Crippen LogP contribution < -0.4 is 0 Å². The van der Waals surface area contributed by atoms with Crippen LogP contribution in [0.25, 0.3) is 0 Å². The number of benzene rings is 1. The molecule has 0 spiro atoms. The molecule has 3 aliphatic carbocycles. The first-order chi connectivity index (χ1) is 20.1. The third-order valence-corrected chi connectivity index (χ3v) is 9.21. The molecule has 0 radical (unpaired) electrons. The highest BCUT2D eigenvalue weighted by atomic mass is 16.5. The fourth-order valence-electron chi connectivity index (χ4n) is 7.14. The smallest absolute Gasteiger partial charge is 0.309 e. The maximum atomic E-state index is 12.9. The second-order valence-corrected chi connectivity index (χ2v) is 10.9. The summed E-state index contributed by atoms with van der Waals surface area (Å²) >= 11 is 0. The van der Waals surface area contributed by atoms with E-state index >= 15 is 0 Å². The second kappa shape index (κ2) is 12.5. The lowest BCUT2D eigenvalue weighted by molar-refractivity contribution is -0.158. The number of rotatable bonds is 6. The molecule has 3 aliphatic rings. The summed E-state index contributed by atoms with van der Waals surface area (Å²) in [5.74, 6) is -8.57. The zero-order chi connectivity index (χ0) is 30.9.